The van der Waals surface area contributed by atoms with E-state index in [1.807, 2.05) is 0 Å². The van der Waals surface area contributed by atoms with Crippen LogP contribution in [0.15, 0.2) is 0 Å². The third kappa shape index (κ3) is 2.89. The molecule has 0 aromatic carbocycles. The summed E-state index contributed by atoms with van der Waals surface area (Å²) in [4.78, 5) is 12.9. The number of primary amides is 1. The first-order chi connectivity index (χ1) is 7.42. The van der Waals surface area contributed by atoms with Gasteiger partial charge in [-0.15, -0.1) is 0 Å². The van der Waals surface area contributed by atoms with Crippen molar-refractivity contribution in [2.75, 3.05) is 27.2 Å². The molecule has 3 N–H and O–H groups in total. The van der Waals surface area contributed by atoms with Crippen molar-refractivity contribution >= 4 is 5.91 Å². The van der Waals surface area contributed by atoms with Crippen LogP contribution < -0.4 is 11.1 Å². The monoisotopic (exact) mass is 235 g/mol. The summed E-state index contributed by atoms with van der Waals surface area (Å²) in [6.07, 6.45) is -0.551. The Labute approximate surface area is 94.2 Å². The number of hydrogen-bond donors (Lipinski definition) is 2. The molecule has 0 aromatic rings. The summed E-state index contributed by atoms with van der Waals surface area (Å²) in [6, 6.07) is 0. The van der Waals surface area contributed by atoms with E-state index < -0.39 is 17.9 Å². The molecule has 1 unspecified atom stereocenters. The third-order valence-electron chi connectivity index (χ3n) is 3.13. The van der Waals surface area contributed by atoms with E-state index >= 15 is 0 Å². The van der Waals surface area contributed by atoms with Crippen molar-refractivity contribution in [3.63, 3.8) is 0 Å². The zero-order chi connectivity index (χ0) is 12.3. The van der Waals surface area contributed by atoms with E-state index in [0.717, 1.165) is 12.8 Å². The van der Waals surface area contributed by atoms with Gasteiger partial charge in [-0.25, -0.2) is 8.78 Å². The fraction of sp³-hybridized carbons (Fsp3) is 0.900. The van der Waals surface area contributed by atoms with Gasteiger partial charge in [0.15, 0.2) is 0 Å². The van der Waals surface area contributed by atoms with Crippen LogP contribution in [0.1, 0.15) is 12.8 Å². The molecule has 0 spiro atoms. The molecule has 4 nitrogen and oxygen atoms in total. The van der Waals surface area contributed by atoms with E-state index in [4.69, 9.17) is 5.73 Å². The number of nitrogens with one attached hydrogen (secondary N) is 1. The summed E-state index contributed by atoms with van der Waals surface area (Å²) < 4.78 is 24.4. The zero-order valence-corrected chi connectivity index (χ0v) is 9.67. The molecule has 16 heavy (non-hydrogen) atoms. The SMILES string of the molecule is CNC(CN(C)CC(F)F)(C(N)=O)C1CC1. The maximum atomic E-state index is 12.2. The summed E-state index contributed by atoms with van der Waals surface area (Å²) in [5.74, 6) is -0.284. The molecule has 0 heterocycles. The average molecular weight is 235 g/mol. The smallest absolute Gasteiger partial charge is 0.251 e. The summed E-state index contributed by atoms with van der Waals surface area (Å²) >= 11 is 0. The fourth-order valence-corrected chi connectivity index (χ4v) is 2.12. The predicted octanol–water partition coefficient (Wildman–Crippen LogP) is 0.0368. The molecule has 0 aromatic heterocycles. The lowest BCUT2D eigenvalue weighted by molar-refractivity contribution is -0.126. The molecule has 0 aliphatic heterocycles. The molecule has 94 valence electrons. The van der Waals surface area contributed by atoms with Gasteiger partial charge in [-0.2, -0.15) is 0 Å². The number of hydrogen-bond acceptors (Lipinski definition) is 3. The van der Waals surface area contributed by atoms with Crippen LogP contribution in [0.4, 0.5) is 8.78 Å². The number of rotatable bonds is 7. The van der Waals surface area contributed by atoms with Crippen molar-refractivity contribution in [2.24, 2.45) is 11.7 Å². The maximum Gasteiger partial charge on any atom is 0.251 e. The highest BCUT2D eigenvalue weighted by atomic mass is 19.3. The Morgan fingerprint density at radius 1 is 1.62 bits per heavy atom. The molecular weight excluding hydrogens is 216 g/mol. The molecule has 1 fully saturated rings. The first-order valence-corrected chi connectivity index (χ1v) is 5.38. The Balaban J connectivity index is 2.66. The van der Waals surface area contributed by atoms with Gasteiger partial charge in [0.25, 0.3) is 6.43 Å². The first-order valence-electron chi connectivity index (χ1n) is 5.38. The average Bonchev–Trinajstić information content (AvgIpc) is 2.95. The van der Waals surface area contributed by atoms with Gasteiger partial charge in [-0.3, -0.25) is 9.69 Å². The Bertz CT molecular complexity index is 258. The highest BCUT2D eigenvalue weighted by Crippen LogP contribution is 2.39. The predicted molar refractivity (Wildman–Crippen MR) is 57.2 cm³/mol. The first kappa shape index (κ1) is 13.3. The van der Waals surface area contributed by atoms with Gasteiger partial charge < -0.3 is 11.1 Å². The van der Waals surface area contributed by atoms with Crippen LogP contribution >= 0.6 is 0 Å². The van der Waals surface area contributed by atoms with Gasteiger partial charge in [0, 0.05) is 6.54 Å². The van der Waals surface area contributed by atoms with Gasteiger partial charge >= 0.3 is 0 Å². The Morgan fingerprint density at radius 2 is 2.19 bits per heavy atom. The van der Waals surface area contributed by atoms with E-state index in [-0.39, 0.29) is 19.0 Å². The number of halogens is 2. The lowest BCUT2D eigenvalue weighted by Gasteiger charge is -2.34. The number of carbonyl (C=O) groups is 1. The van der Waals surface area contributed by atoms with Crippen LogP contribution in [0, 0.1) is 5.92 Å². The highest BCUT2D eigenvalue weighted by molar-refractivity contribution is 5.85. The zero-order valence-electron chi connectivity index (χ0n) is 9.67. The molecule has 1 atom stereocenters. The minimum absolute atomic E-state index is 0.176. The van der Waals surface area contributed by atoms with Crippen LogP contribution in [-0.4, -0.2) is 50.0 Å². The third-order valence-corrected chi connectivity index (χ3v) is 3.13. The lowest BCUT2D eigenvalue weighted by Crippen LogP contribution is -2.62. The van der Waals surface area contributed by atoms with Crippen molar-refractivity contribution in [3.05, 3.63) is 0 Å². The Morgan fingerprint density at radius 3 is 2.50 bits per heavy atom. The Kier molecular flexibility index (Phi) is 4.21. The number of amides is 1. The van der Waals surface area contributed by atoms with Crippen molar-refractivity contribution in [3.8, 4) is 0 Å². The van der Waals surface area contributed by atoms with E-state index in [9.17, 15) is 13.6 Å². The second-order valence-electron chi connectivity index (χ2n) is 4.45. The summed E-state index contributed by atoms with van der Waals surface area (Å²) in [7, 11) is 3.23. The topological polar surface area (TPSA) is 58.4 Å². The van der Waals surface area contributed by atoms with Gasteiger partial charge in [-0.05, 0) is 32.9 Å². The second kappa shape index (κ2) is 5.05. The van der Waals surface area contributed by atoms with Crippen molar-refractivity contribution in [1.29, 1.82) is 0 Å². The van der Waals surface area contributed by atoms with Gasteiger partial charge in [0.05, 0.1) is 6.54 Å². The standard InChI is InChI=1S/C10H19F2N3O/c1-14-10(9(13)16,7-3-4-7)6-15(2)5-8(11)12/h7-8,14H,3-6H2,1-2H3,(H2,13,16). The maximum absolute atomic E-state index is 12.2. The van der Waals surface area contributed by atoms with Gasteiger partial charge in [-0.1, -0.05) is 0 Å². The van der Waals surface area contributed by atoms with Crippen molar-refractivity contribution < 1.29 is 13.6 Å². The van der Waals surface area contributed by atoms with Crippen molar-refractivity contribution in [1.82, 2.24) is 10.2 Å². The van der Waals surface area contributed by atoms with Gasteiger partial charge in [0.1, 0.15) is 5.54 Å². The molecule has 0 bridgehead atoms. The minimum atomic E-state index is -2.40. The molecule has 1 rings (SSSR count). The van der Waals surface area contributed by atoms with Crippen molar-refractivity contribution in [2.45, 2.75) is 24.8 Å². The molecule has 0 saturated heterocycles. The molecule has 6 heteroatoms. The lowest BCUT2D eigenvalue weighted by atomic mass is 9.91. The van der Waals surface area contributed by atoms with E-state index in [1.54, 1.807) is 14.1 Å². The normalized spacial score (nSPS) is 20.1. The van der Waals surface area contributed by atoms with Crippen LogP contribution in [0.2, 0.25) is 0 Å². The fourth-order valence-electron chi connectivity index (χ4n) is 2.12. The molecular formula is C10H19F2N3O. The summed E-state index contributed by atoms with van der Waals surface area (Å²) in [6.45, 7) is -0.114. The molecule has 0 radical (unpaired) electrons. The quantitative estimate of drug-likeness (QED) is 0.655. The van der Waals surface area contributed by atoms with Crippen LogP contribution in [0.3, 0.4) is 0 Å². The minimum Gasteiger partial charge on any atom is -0.368 e. The van der Waals surface area contributed by atoms with Gasteiger partial charge in [0.2, 0.25) is 5.91 Å². The number of likely N-dealkylation sites (N-methyl/N-ethyl adjacent to an activating group) is 2. The molecule has 1 saturated carbocycles. The second-order valence-corrected chi connectivity index (χ2v) is 4.45. The van der Waals surface area contributed by atoms with Crippen LogP contribution in [0.5, 0.6) is 0 Å². The number of nitrogens with two attached hydrogens (primary N) is 1. The van der Waals surface area contributed by atoms with E-state index in [0.29, 0.717) is 0 Å². The van der Waals surface area contributed by atoms with Crippen LogP contribution in [-0.2, 0) is 4.79 Å². The molecule has 1 aliphatic rings. The molecule has 1 amide bonds. The summed E-state index contributed by atoms with van der Waals surface area (Å²) in [5, 5.41) is 2.92. The number of carbonyl (C=O) groups excluding carboxylic acids is 1. The van der Waals surface area contributed by atoms with E-state index in [2.05, 4.69) is 5.32 Å². The van der Waals surface area contributed by atoms with Crippen LogP contribution in [0.25, 0.3) is 0 Å². The number of nitrogens with zero attached hydrogens (tertiary/aromatic N) is 1. The highest BCUT2D eigenvalue weighted by Gasteiger charge is 2.49. The summed E-state index contributed by atoms with van der Waals surface area (Å²) in [5.41, 5.74) is 4.53. The van der Waals surface area contributed by atoms with E-state index in [1.165, 1.54) is 4.90 Å². The Hall–Kier alpha value is -0.750. The molecule has 1 aliphatic carbocycles. The largest absolute Gasteiger partial charge is 0.368 e. The number of alkyl halides is 2.